The van der Waals surface area contributed by atoms with Gasteiger partial charge in [-0.3, -0.25) is 0 Å². The molecule has 0 aliphatic carbocycles. The molecule has 3 aromatic rings. The Morgan fingerprint density at radius 1 is 1.17 bits per heavy atom. The fraction of sp³-hybridized carbons (Fsp3) is 0.176. The highest BCUT2D eigenvalue weighted by molar-refractivity contribution is 9.10. The number of nitrogens with zero attached hydrogens (tertiary/aromatic N) is 3. The molecular formula is C17H18BrClN4. The second-order valence-electron chi connectivity index (χ2n) is 5.16. The van der Waals surface area contributed by atoms with Crippen molar-refractivity contribution in [3.63, 3.8) is 0 Å². The summed E-state index contributed by atoms with van der Waals surface area (Å²) in [5.41, 5.74) is 3.53. The Morgan fingerprint density at radius 2 is 1.96 bits per heavy atom. The van der Waals surface area contributed by atoms with Gasteiger partial charge in [0, 0.05) is 17.1 Å². The molecule has 2 aromatic carbocycles. The Hall–Kier alpha value is -1.69. The van der Waals surface area contributed by atoms with Crippen LogP contribution < -0.4 is 5.32 Å². The maximum Gasteiger partial charge on any atom is 0.138 e. The summed E-state index contributed by atoms with van der Waals surface area (Å²) in [7, 11) is 0. The molecule has 0 aliphatic rings. The van der Waals surface area contributed by atoms with E-state index in [4.69, 9.17) is 0 Å². The monoisotopic (exact) mass is 392 g/mol. The van der Waals surface area contributed by atoms with Crippen molar-refractivity contribution >= 4 is 28.3 Å². The number of hydrogen-bond donors (Lipinski definition) is 1. The van der Waals surface area contributed by atoms with Crippen molar-refractivity contribution < 1.29 is 0 Å². The van der Waals surface area contributed by atoms with E-state index < -0.39 is 0 Å². The molecule has 0 saturated heterocycles. The first kappa shape index (κ1) is 17.7. The second-order valence-corrected chi connectivity index (χ2v) is 6.08. The van der Waals surface area contributed by atoms with Crippen LogP contribution in [0.1, 0.15) is 24.1 Å². The molecule has 1 N–H and O–H groups in total. The standard InChI is InChI=1S/C17H17BrN4.ClH/c1-13(20-10-14-3-2-4-16(18)9-14)15-5-7-17(8-6-15)22-12-19-11-21-22;/h2-9,11-13,20H,10H2,1H3;1H. The molecule has 0 amide bonds. The molecule has 120 valence electrons. The maximum atomic E-state index is 4.13. The molecule has 0 saturated carbocycles. The zero-order valence-electron chi connectivity index (χ0n) is 12.7. The van der Waals surface area contributed by atoms with Crippen LogP contribution in [-0.2, 0) is 6.54 Å². The Kier molecular flexibility index (Phi) is 6.33. The van der Waals surface area contributed by atoms with Crippen LogP contribution in [0, 0.1) is 0 Å². The van der Waals surface area contributed by atoms with E-state index in [1.165, 1.54) is 17.5 Å². The summed E-state index contributed by atoms with van der Waals surface area (Å²) in [6, 6.07) is 17.0. The first-order chi connectivity index (χ1) is 10.7. The minimum atomic E-state index is 0. The molecule has 23 heavy (non-hydrogen) atoms. The van der Waals surface area contributed by atoms with Gasteiger partial charge in [-0.25, -0.2) is 9.67 Å². The molecule has 0 spiro atoms. The van der Waals surface area contributed by atoms with E-state index in [0.29, 0.717) is 0 Å². The molecular weight excluding hydrogens is 376 g/mol. The number of hydrogen-bond acceptors (Lipinski definition) is 3. The molecule has 4 nitrogen and oxygen atoms in total. The van der Waals surface area contributed by atoms with Gasteiger partial charge in [-0.15, -0.1) is 12.4 Å². The van der Waals surface area contributed by atoms with Gasteiger partial charge in [0.25, 0.3) is 0 Å². The first-order valence-electron chi connectivity index (χ1n) is 7.15. The van der Waals surface area contributed by atoms with Crippen LogP contribution in [0.3, 0.4) is 0 Å². The zero-order chi connectivity index (χ0) is 15.4. The highest BCUT2D eigenvalue weighted by atomic mass is 79.9. The van der Waals surface area contributed by atoms with E-state index in [-0.39, 0.29) is 18.4 Å². The van der Waals surface area contributed by atoms with Gasteiger partial charge in [0.2, 0.25) is 0 Å². The van der Waals surface area contributed by atoms with Crippen LogP contribution in [0.25, 0.3) is 5.69 Å². The average Bonchev–Trinajstić information content (AvgIpc) is 3.07. The van der Waals surface area contributed by atoms with Crippen molar-refractivity contribution in [1.82, 2.24) is 20.1 Å². The second kappa shape index (κ2) is 8.24. The van der Waals surface area contributed by atoms with Crippen molar-refractivity contribution in [1.29, 1.82) is 0 Å². The van der Waals surface area contributed by atoms with Gasteiger partial charge in [-0.2, -0.15) is 5.10 Å². The normalized spacial score (nSPS) is 11.7. The predicted octanol–water partition coefficient (Wildman–Crippen LogP) is 4.30. The van der Waals surface area contributed by atoms with Gasteiger partial charge in [0.15, 0.2) is 0 Å². The molecule has 3 rings (SSSR count). The van der Waals surface area contributed by atoms with E-state index >= 15 is 0 Å². The largest absolute Gasteiger partial charge is 0.306 e. The van der Waals surface area contributed by atoms with E-state index in [0.717, 1.165) is 16.7 Å². The molecule has 1 aromatic heterocycles. The molecule has 6 heteroatoms. The fourth-order valence-electron chi connectivity index (χ4n) is 2.29. The summed E-state index contributed by atoms with van der Waals surface area (Å²) in [4.78, 5) is 3.96. The molecule has 0 radical (unpaired) electrons. The van der Waals surface area contributed by atoms with Gasteiger partial charge in [-0.1, -0.05) is 40.2 Å². The summed E-state index contributed by atoms with van der Waals surface area (Å²) in [5.74, 6) is 0. The SMILES string of the molecule is CC(NCc1cccc(Br)c1)c1ccc(-n2cncn2)cc1.Cl. The number of aromatic nitrogens is 3. The first-order valence-corrected chi connectivity index (χ1v) is 7.94. The lowest BCUT2D eigenvalue weighted by atomic mass is 10.1. The summed E-state index contributed by atoms with van der Waals surface area (Å²) in [6.07, 6.45) is 3.24. The van der Waals surface area contributed by atoms with E-state index in [1.54, 1.807) is 11.0 Å². The molecule has 0 aliphatic heterocycles. The third-order valence-corrected chi connectivity index (χ3v) is 4.07. The smallest absolute Gasteiger partial charge is 0.138 e. The molecule has 1 unspecified atom stereocenters. The Labute approximate surface area is 150 Å². The summed E-state index contributed by atoms with van der Waals surface area (Å²) >= 11 is 3.50. The van der Waals surface area contributed by atoms with Crippen LogP contribution in [0.15, 0.2) is 65.7 Å². The van der Waals surface area contributed by atoms with Crippen LogP contribution >= 0.6 is 28.3 Å². The third-order valence-electron chi connectivity index (χ3n) is 3.58. The third kappa shape index (κ3) is 4.64. The van der Waals surface area contributed by atoms with Gasteiger partial charge in [0.1, 0.15) is 12.7 Å². The Balaban J connectivity index is 0.00000192. The van der Waals surface area contributed by atoms with E-state index in [1.807, 2.05) is 6.07 Å². The number of rotatable bonds is 5. The number of halogens is 2. The lowest BCUT2D eigenvalue weighted by Gasteiger charge is -2.15. The lowest BCUT2D eigenvalue weighted by Crippen LogP contribution is -2.18. The minimum absolute atomic E-state index is 0. The quantitative estimate of drug-likeness (QED) is 0.702. The van der Waals surface area contributed by atoms with Crippen molar-refractivity contribution in [2.45, 2.75) is 19.5 Å². The van der Waals surface area contributed by atoms with Crippen LogP contribution in [-0.4, -0.2) is 14.8 Å². The molecule has 1 atom stereocenters. The van der Waals surface area contributed by atoms with Crippen molar-refractivity contribution in [3.8, 4) is 5.69 Å². The summed E-state index contributed by atoms with van der Waals surface area (Å²) in [6.45, 7) is 3.01. The van der Waals surface area contributed by atoms with E-state index in [2.05, 4.69) is 80.7 Å². The fourth-order valence-corrected chi connectivity index (χ4v) is 2.74. The maximum absolute atomic E-state index is 4.13. The van der Waals surface area contributed by atoms with E-state index in [9.17, 15) is 0 Å². The predicted molar refractivity (Wildman–Crippen MR) is 98.0 cm³/mol. The lowest BCUT2D eigenvalue weighted by molar-refractivity contribution is 0.574. The molecule has 0 fully saturated rings. The molecule has 1 heterocycles. The number of benzene rings is 2. The Morgan fingerprint density at radius 3 is 2.61 bits per heavy atom. The average molecular weight is 394 g/mol. The molecule has 0 bridgehead atoms. The highest BCUT2D eigenvalue weighted by Crippen LogP contribution is 2.17. The highest BCUT2D eigenvalue weighted by Gasteiger charge is 2.06. The van der Waals surface area contributed by atoms with Gasteiger partial charge < -0.3 is 5.32 Å². The summed E-state index contributed by atoms with van der Waals surface area (Å²) in [5, 5.41) is 7.67. The van der Waals surface area contributed by atoms with Gasteiger partial charge in [0.05, 0.1) is 5.69 Å². The number of nitrogens with one attached hydrogen (secondary N) is 1. The Bertz CT molecular complexity index is 729. The van der Waals surface area contributed by atoms with Crippen LogP contribution in [0.4, 0.5) is 0 Å². The minimum Gasteiger partial charge on any atom is -0.306 e. The topological polar surface area (TPSA) is 42.7 Å². The van der Waals surface area contributed by atoms with Crippen molar-refractivity contribution in [2.75, 3.05) is 0 Å². The van der Waals surface area contributed by atoms with Crippen LogP contribution in [0.2, 0.25) is 0 Å². The van der Waals surface area contributed by atoms with Gasteiger partial charge in [-0.05, 0) is 42.3 Å². The van der Waals surface area contributed by atoms with Gasteiger partial charge >= 0.3 is 0 Å². The van der Waals surface area contributed by atoms with Crippen molar-refractivity contribution in [3.05, 3.63) is 76.8 Å². The summed E-state index contributed by atoms with van der Waals surface area (Å²) < 4.78 is 2.86. The van der Waals surface area contributed by atoms with Crippen molar-refractivity contribution in [2.24, 2.45) is 0 Å². The zero-order valence-corrected chi connectivity index (χ0v) is 15.1. The van der Waals surface area contributed by atoms with Crippen LogP contribution in [0.5, 0.6) is 0 Å².